The van der Waals surface area contributed by atoms with Gasteiger partial charge in [-0.15, -0.1) is 0 Å². The maximum absolute atomic E-state index is 8.99. The first-order valence-electron chi connectivity index (χ1n) is 7.27. The number of aromatic nitrogens is 1. The van der Waals surface area contributed by atoms with Gasteiger partial charge in [0.05, 0.1) is 10.7 Å². The highest BCUT2D eigenvalue weighted by Gasteiger charge is 2.14. The molecule has 0 amide bonds. The lowest BCUT2D eigenvalue weighted by Crippen LogP contribution is -2.30. The summed E-state index contributed by atoms with van der Waals surface area (Å²) in [6.07, 6.45) is 2.63. The van der Waals surface area contributed by atoms with Crippen LogP contribution in [0.2, 0.25) is 10.0 Å². The van der Waals surface area contributed by atoms with E-state index in [0.717, 1.165) is 5.56 Å². The van der Waals surface area contributed by atoms with E-state index in [4.69, 9.17) is 33.2 Å². The molecule has 0 aliphatic heterocycles. The van der Waals surface area contributed by atoms with Crippen LogP contribution < -0.4 is 5.46 Å². The predicted molar refractivity (Wildman–Crippen MR) is 96.8 cm³/mol. The van der Waals surface area contributed by atoms with Crippen LogP contribution in [-0.2, 0) is 0 Å². The topological polar surface area (TPSA) is 53.4 Å². The molecule has 0 unspecified atom stereocenters. The van der Waals surface area contributed by atoms with Crippen molar-refractivity contribution in [3.05, 3.63) is 46.6 Å². The molecule has 3 nitrogen and oxygen atoms in total. The lowest BCUT2D eigenvalue weighted by Gasteiger charge is -2.06. The van der Waals surface area contributed by atoms with Crippen molar-refractivity contribution < 1.29 is 10.0 Å². The monoisotopic (exact) mass is 341 g/mol. The SMILES string of the molecule is CC.CCC.OB(O)c1cnc(-c2ccc(Cl)cc2)c(Cl)c1. The van der Waals surface area contributed by atoms with E-state index >= 15 is 0 Å². The number of halogens is 2. The average molecular weight is 342 g/mol. The van der Waals surface area contributed by atoms with Crippen LogP contribution in [0.15, 0.2) is 36.5 Å². The molecule has 1 aromatic carbocycles. The molecule has 22 heavy (non-hydrogen) atoms. The van der Waals surface area contributed by atoms with E-state index in [1.165, 1.54) is 18.7 Å². The van der Waals surface area contributed by atoms with Gasteiger partial charge in [-0.25, -0.2) is 0 Å². The van der Waals surface area contributed by atoms with Crippen LogP contribution in [0.5, 0.6) is 0 Å². The highest BCUT2D eigenvalue weighted by molar-refractivity contribution is 6.59. The average Bonchev–Trinajstić information content (AvgIpc) is 2.51. The largest absolute Gasteiger partial charge is 0.490 e. The van der Waals surface area contributed by atoms with Crippen LogP contribution in [0, 0.1) is 0 Å². The quantitative estimate of drug-likeness (QED) is 0.805. The van der Waals surface area contributed by atoms with E-state index in [1.807, 2.05) is 13.8 Å². The highest BCUT2D eigenvalue weighted by atomic mass is 35.5. The molecular formula is C16H22BCl2NO2. The van der Waals surface area contributed by atoms with Crippen LogP contribution >= 0.6 is 23.2 Å². The molecule has 120 valence electrons. The van der Waals surface area contributed by atoms with E-state index in [1.54, 1.807) is 24.3 Å². The van der Waals surface area contributed by atoms with Gasteiger partial charge < -0.3 is 10.0 Å². The Bertz CT molecular complexity index is 548. The summed E-state index contributed by atoms with van der Waals surface area (Å²) in [5.74, 6) is 0. The molecule has 6 heteroatoms. The number of hydrogen-bond acceptors (Lipinski definition) is 3. The van der Waals surface area contributed by atoms with Crippen molar-refractivity contribution in [2.75, 3.05) is 0 Å². The Labute approximate surface area is 143 Å². The summed E-state index contributed by atoms with van der Waals surface area (Å²) < 4.78 is 0. The normalized spacial score (nSPS) is 9.09. The molecule has 0 saturated heterocycles. The number of benzene rings is 1. The molecule has 2 rings (SSSR count). The first-order valence-corrected chi connectivity index (χ1v) is 8.02. The van der Waals surface area contributed by atoms with Crippen LogP contribution in [0.25, 0.3) is 11.3 Å². The molecule has 0 saturated carbocycles. The fraction of sp³-hybridized carbons (Fsp3) is 0.312. The molecule has 0 fully saturated rings. The van der Waals surface area contributed by atoms with Gasteiger partial charge in [0.15, 0.2) is 0 Å². The number of pyridine rings is 1. The Kier molecular flexibility index (Phi) is 10.9. The zero-order chi connectivity index (χ0) is 17.1. The smallest absolute Gasteiger partial charge is 0.423 e. The molecule has 0 atom stereocenters. The summed E-state index contributed by atoms with van der Waals surface area (Å²) in [5, 5.41) is 19.0. The van der Waals surface area contributed by atoms with E-state index in [2.05, 4.69) is 18.8 Å². The van der Waals surface area contributed by atoms with Crippen molar-refractivity contribution in [2.24, 2.45) is 0 Å². The minimum absolute atomic E-state index is 0.257. The van der Waals surface area contributed by atoms with Gasteiger partial charge in [-0.05, 0) is 18.2 Å². The molecule has 1 heterocycles. The lowest BCUT2D eigenvalue weighted by molar-refractivity contribution is 0.425. The van der Waals surface area contributed by atoms with Crippen molar-refractivity contribution in [2.45, 2.75) is 34.1 Å². The van der Waals surface area contributed by atoms with Crippen LogP contribution in [-0.4, -0.2) is 22.2 Å². The number of hydrogen-bond donors (Lipinski definition) is 2. The second kappa shape index (κ2) is 11.5. The summed E-state index contributed by atoms with van der Waals surface area (Å²) in [5.41, 5.74) is 1.65. The second-order valence-electron chi connectivity index (χ2n) is 4.19. The van der Waals surface area contributed by atoms with Gasteiger partial charge in [0.2, 0.25) is 0 Å². The summed E-state index contributed by atoms with van der Waals surface area (Å²) in [4.78, 5) is 4.10. The van der Waals surface area contributed by atoms with Gasteiger partial charge in [-0.2, -0.15) is 0 Å². The molecule has 0 spiro atoms. The highest BCUT2D eigenvalue weighted by Crippen LogP contribution is 2.25. The minimum Gasteiger partial charge on any atom is -0.423 e. The van der Waals surface area contributed by atoms with E-state index in [9.17, 15) is 0 Å². The van der Waals surface area contributed by atoms with Crippen LogP contribution in [0.1, 0.15) is 34.1 Å². The fourth-order valence-electron chi connectivity index (χ4n) is 1.41. The van der Waals surface area contributed by atoms with Gasteiger partial charge in [-0.1, -0.05) is 69.5 Å². The zero-order valence-electron chi connectivity index (χ0n) is 13.3. The molecule has 0 aliphatic rings. The van der Waals surface area contributed by atoms with Gasteiger partial charge in [-0.3, -0.25) is 4.98 Å². The molecule has 2 aromatic rings. The van der Waals surface area contributed by atoms with Crippen LogP contribution in [0.4, 0.5) is 0 Å². The van der Waals surface area contributed by atoms with Crippen molar-refractivity contribution in [3.63, 3.8) is 0 Å². The Morgan fingerprint density at radius 3 is 1.95 bits per heavy atom. The summed E-state index contributed by atoms with van der Waals surface area (Å²) >= 11 is 11.8. The lowest BCUT2D eigenvalue weighted by atomic mass is 9.81. The number of nitrogens with zero attached hydrogens (tertiary/aromatic N) is 1. The minimum atomic E-state index is -1.57. The molecule has 0 bridgehead atoms. The maximum atomic E-state index is 8.99. The van der Waals surface area contributed by atoms with Crippen molar-refractivity contribution in [1.29, 1.82) is 0 Å². The summed E-state index contributed by atoms with van der Waals surface area (Å²) in [7, 11) is -1.57. The first-order chi connectivity index (χ1) is 10.5. The predicted octanol–water partition coefficient (Wildman–Crippen LogP) is 4.18. The fourth-order valence-corrected chi connectivity index (χ4v) is 1.82. The van der Waals surface area contributed by atoms with Crippen molar-refractivity contribution >= 4 is 35.8 Å². The Hall–Kier alpha value is -1.07. The van der Waals surface area contributed by atoms with Crippen LogP contribution in [0.3, 0.4) is 0 Å². The van der Waals surface area contributed by atoms with E-state index < -0.39 is 7.12 Å². The van der Waals surface area contributed by atoms with Gasteiger partial charge in [0, 0.05) is 22.2 Å². The Balaban J connectivity index is 0.000000789. The third kappa shape index (κ3) is 6.80. The van der Waals surface area contributed by atoms with Gasteiger partial charge in [0.25, 0.3) is 0 Å². The standard InChI is InChI=1S/C11H8BCl2NO2.C3H8.C2H6/c13-9-3-1-7(2-4-9)11-10(14)5-8(6-15-11)12(16)17;1-3-2;1-2/h1-6,16-17H;3H2,1-2H3;1-2H3. The Morgan fingerprint density at radius 1 is 1.05 bits per heavy atom. The van der Waals surface area contributed by atoms with Gasteiger partial charge in [0.1, 0.15) is 0 Å². The third-order valence-corrected chi connectivity index (χ3v) is 2.82. The Morgan fingerprint density at radius 2 is 1.55 bits per heavy atom. The first kappa shape index (κ1) is 20.9. The van der Waals surface area contributed by atoms with E-state index in [-0.39, 0.29) is 5.46 Å². The van der Waals surface area contributed by atoms with E-state index in [0.29, 0.717) is 15.7 Å². The molecule has 2 N–H and O–H groups in total. The summed E-state index contributed by atoms with van der Waals surface area (Å²) in [6, 6.07) is 8.55. The van der Waals surface area contributed by atoms with Gasteiger partial charge >= 0.3 is 7.12 Å². The van der Waals surface area contributed by atoms with Crippen molar-refractivity contribution in [1.82, 2.24) is 4.98 Å². The second-order valence-corrected chi connectivity index (χ2v) is 5.03. The third-order valence-electron chi connectivity index (χ3n) is 2.28. The van der Waals surface area contributed by atoms with Crippen molar-refractivity contribution in [3.8, 4) is 11.3 Å². The molecule has 0 radical (unpaired) electrons. The molecule has 1 aromatic heterocycles. The zero-order valence-corrected chi connectivity index (χ0v) is 14.9. The maximum Gasteiger partial charge on any atom is 0.490 e. The molecule has 0 aliphatic carbocycles. The molecular weight excluding hydrogens is 320 g/mol. The number of rotatable bonds is 2. The summed E-state index contributed by atoms with van der Waals surface area (Å²) in [6.45, 7) is 8.25.